The highest BCUT2D eigenvalue weighted by Crippen LogP contribution is 2.32. The van der Waals surface area contributed by atoms with Crippen molar-refractivity contribution in [3.8, 4) is 28.7 Å². The molecule has 0 atom stereocenters. The summed E-state index contributed by atoms with van der Waals surface area (Å²) >= 11 is 0. The Balaban J connectivity index is 1.87. The van der Waals surface area contributed by atoms with E-state index in [4.69, 9.17) is 5.26 Å². The van der Waals surface area contributed by atoms with Gasteiger partial charge in [-0.15, -0.1) is 0 Å². The number of quaternary nitrogens is 1. The first-order valence-electron chi connectivity index (χ1n) is 12.9. The zero-order chi connectivity index (χ0) is 29.9. The summed E-state index contributed by atoms with van der Waals surface area (Å²) in [5, 5.41) is 16.3. The summed E-state index contributed by atoms with van der Waals surface area (Å²) in [7, 11) is 6.08. The van der Waals surface area contributed by atoms with Crippen LogP contribution in [0.2, 0.25) is 0 Å². The Morgan fingerprint density at radius 2 is 1.76 bits per heavy atom. The summed E-state index contributed by atoms with van der Waals surface area (Å²) < 4.78 is 44.1. The van der Waals surface area contributed by atoms with Crippen molar-refractivity contribution in [2.75, 3.05) is 34.2 Å². The second-order valence-corrected chi connectivity index (χ2v) is 10.7. The Hall–Kier alpha value is -4.69. The van der Waals surface area contributed by atoms with Crippen LogP contribution in [-0.4, -0.2) is 59.0 Å². The van der Waals surface area contributed by atoms with Crippen molar-refractivity contribution in [1.82, 2.24) is 19.7 Å². The van der Waals surface area contributed by atoms with Crippen LogP contribution in [0.1, 0.15) is 33.6 Å². The van der Waals surface area contributed by atoms with Gasteiger partial charge < -0.3 is 9.80 Å². The molecule has 41 heavy (non-hydrogen) atoms. The first kappa shape index (κ1) is 29.3. The molecule has 212 valence electrons. The maximum atomic E-state index is 13.7. The second kappa shape index (κ2) is 11.4. The van der Waals surface area contributed by atoms with Crippen molar-refractivity contribution in [3.05, 3.63) is 99.6 Å². The van der Waals surface area contributed by atoms with Crippen LogP contribution >= 0.6 is 0 Å². The standard InChI is InChI=1S/C30H29F3N6O2/c1-20-25(27-13-15-36-38(27)23-11-9-21(19-34)10-12-23)18-26(28(40)35-14-6-16-39(2,3)4)29(41)37(20)24-8-5-7-22(17-24)30(31,32)33/h5,7-13,15,17-18H,6,14,16H2,1-4H3/p+1. The van der Waals surface area contributed by atoms with Crippen molar-refractivity contribution in [2.24, 2.45) is 0 Å². The minimum atomic E-state index is -4.62. The van der Waals surface area contributed by atoms with Crippen molar-refractivity contribution in [3.63, 3.8) is 0 Å². The van der Waals surface area contributed by atoms with Crippen LogP contribution in [0.15, 0.2) is 71.7 Å². The molecule has 0 spiro atoms. The molecule has 1 N–H and O–H groups in total. The Morgan fingerprint density at radius 1 is 1.05 bits per heavy atom. The average Bonchev–Trinajstić information content (AvgIpc) is 3.40. The third-order valence-electron chi connectivity index (χ3n) is 6.57. The average molecular weight is 564 g/mol. The highest BCUT2D eigenvalue weighted by molar-refractivity contribution is 5.95. The van der Waals surface area contributed by atoms with E-state index in [9.17, 15) is 22.8 Å². The number of benzene rings is 2. The summed E-state index contributed by atoms with van der Waals surface area (Å²) in [4.78, 5) is 27.0. The highest BCUT2D eigenvalue weighted by Gasteiger charge is 2.31. The number of aromatic nitrogens is 3. The van der Waals surface area contributed by atoms with Crippen molar-refractivity contribution in [2.45, 2.75) is 19.5 Å². The molecule has 4 aromatic rings. The molecule has 0 aliphatic rings. The SMILES string of the molecule is Cc1c(-c2ccnn2-c2ccc(C#N)cc2)cc(C(=O)NCCC[N+](C)(C)C)c(=O)n1-c1cccc(C(F)(F)F)c1. The monoisotopic (exact) mass is 563 g/mol. The fourth-order valence-corrected chi connectivity index (χ4v) is 4.50. The van der Waals surface area contributed by atoms with Crippen LogP contribution in [0.4, 0.5) is 13.2 Å². The third kappa shape index (κ3) is 6.56. The number of hydrogen-bond acceptors (Lipinski definition) is 4. The zero-order valence-electron chi connectivity index (χ0n) is 23.2. The summed E-state index contributed by atoms with van der Waals surface area (Å²) in [5.74, 6) is -0.622. The molecule has 0 fully saturated rings. The minimum Gasteiger partial charge on any atom is -0.352 e. The lowest BCUT2D eigenvalue weighted by Gasteiger charge is -2.23. The van der Waals surface area contributed by atoms with Crippen LogP contribution in [0.5, 0.6) is 0 Å². The molecule has 0 saturated carbocycles. The number of amides is 1. The smallest absolute Gasteiger partial charge is 0.352 e. The van der Waals surface area contributed by atoms with E-state index < -0.39 is 23.2 Å². The van der Waals surface area contributed by atoms with Crippen molar-refractivity contribution >= 4 is 5.91 Å². The van der Waals surface area contributed by atoms with Gasteiger partial charge in [0, 0.05) is 29.9 Å². The van der Waals surface area contributed by atoms with Gasteiger partial charge >= 0.3 is 6.18 Å². The van der Waals surface area contributed by atoms with Gasteiger partial charge in [0.15, 0.2) is 0 Å². The Kier molecular flexibility index (Phi) is 8.17. The number of rotatable bonds is 8. The second-order valence-electron chi connectivity index (χ2n) is 10.7. The molecular weight excluding hydrogens is 533 g/mol. The topological polar surface area (TPSA) is 92.7 Å². The van der Waals surface area contributed by atoms with Crippen LogP contribution in [0, 0.1) is 18.3 Å². The number of pyridine rings is 1. The van der Waals surface area contributed by atoms with E-state index in [2.05, 4.69) is 16.5 Å². The van der Waals surface area contributed by atoms with Gasteiger partial charge in [-0.3, -0.25) is 14.2 Å². The Labute approximate surface area is 235 Å². The molecule has 1 amide bonds. The normalized spacial score (nSPS) is 11.8. The number of carbonyl (C=O) groups is 1. The molecular formula is C30H30F3N6O2+. The third-order valence-corrected chi connectivity index (χ3v) is 6.57. The number of nitrogens with zero attached hydrogens (tertiary/aromatic N) is 5. The van der Waals surface area contributed by atoms with Gasteiger partial charge in [0.2, 0.25) is 0 Å². The lowest BCUT2D eigenvalue weighted by Crippen LogP contribution is -2.38. The van der Waals surface area contributed by atoms with Crippen LogP contribution < -0.4 is 10.9 Å². The van der Waals surface area contributed by atoms with Gasteiger partial charge in [-0.05, 0) is 61.5 Å². The Bertz CT molecular complexity index is 1670. The number of alkyl halides is 3. The fourth-order valence-electron chi connectivity index (χ4n) is 4.50. The van der Waals surface area contributed by atoms with Gasteiger partial charge in [0.1, 0.15) is 5.56 Å². The Morgan fingerprint density at radius 3 is 2.39 bits per heavy atom. The summed E-state index contributed by atoms with van der Waals surface area (Å²) in [6.07, 6.45) is -2.41. The maximum Gasteiger partial charge on any atom is 0.416 e. The number of nitriles is 1. The predicted octanol–water partition coefficient (Wildman–Crippen LogP) is 4.72. The van der Waals surface area contributed by atoms with Gasteiger partial charge in [-0.25, -0.2) is 4.68 Å². The molecule has 0 aliphatic carbocycles. The summed E-state index contributed by atoms with van der Waals surface area (Å²) in [6, 6.07) is 16.3. The van der Waals surface area contributed by atoms with E-state index in [0.29, 0.717) is 45.7 Å². The van der Waals surface area contributed by atoms with Crippen LogP contribution in [0.25, 0.3) is 22.6 Å². The molecule has 0 radical (unpaired) electrons. The number of hydrogen-bond donors (Lipinski definition) is 1. The zero-order valence-corrected chi connectivity index (χ0v) is 23.2. The van der Waals surface area contributed by atoms with Crippen LogP contribution in [0.3, 0.4) is 0 Å². The van der Waals surface area contributed by atoms with E-state index in [1.54, 1.807) is 41.9 Å². The van der Waals surface area contributed by atoms with E-state index in [-0.39, 0.29) is 11.3 Å². The molecule has 2 aromatic carbocycles. The quantitative estimate of drug-likeness (QED) is 0.248. The molecule has 0 unspecified atom stereocenters. The lowest BCUT2D eigenvalue weighted by atomic mass is 10.0. The highest BCUT2D eigenvalue weighted by atomic mass is 19.4. The van der Waals surface area contributed by atoms with Gasteiger partial charge in [0.25, 0.3) is 11.5 Å². The largest absolute Gasteiger partial charge is 0.416 e. The first-order chi connectivity index (χ1) is 19.3. The molecule has 11 heteroatoms. The van der Waals surface area contributed by atoms with Gasteiger partial charge in [-0.1, -0.05) is 6.07 Å². The van der Waals surface area contributed by atoms with E-state index in [1.165, 1.54) is 24.4 Å². The molecule has 0 bridgehead atoms. The van der Waals surface area contributed by atoms with Crippen LogP contribution in [-0.2, 0) is 6.18 Å². The van der Waals surface area contributed by atoms with Gasteiger partial charge in [-0.2, -0.15) is 23.5 Å². The molecule has 2 heterocycles. The minimum absolute atomic E-state index is 0.0207. The molecule has 4 rings (SSSR count). The number of halogens is 3. The lowest BCUT2D eigenvalue weighted by molar-refractivity contribution is -0.870. The molecule has 2 aromatic heterocycles. The van der Waals surface area contributed by atoms with Gasteiger partial charge in [0.05, 0.1) is 62.5 Å². The van der Waals surface area contributed by atoms with E-state index >= 15 is 0 Å². The molecule has 0 aliphatic heterocycles. The number of nitrogens with one attached hydrogen (secondary N) is 1. The number of carbonyl (C=O) groups excluding carboxylic acids is 1. The molecule has 8 nitrogen and oxygen atoms in total. The van der Waals surface area contributed by atoms with E-state index in [1.807, 2.05) is 21.1 Å². The van der Waals surface area contributed by atoms with E-state index in [0.717, 1.165) is 23.2 Å². The van der Waals surface area contributed by atoms with Crippen molar-refractivity contribution < 1.29 is 22.4 Å². The first-order valence-corrected chi connectivity index (χ1v) is 12.9. The fraction of sp³-hybridized carbons (Fsp3) is 0.267. The maximum absolute atomic E-state index is 13.7. The summed E-state index contributed by atoms with van der Waals surface area (Å²) in [5.41, 5.74) is 0.458. The summed E-state index contributed by atoms with van der Waals surface area (Å²) in [6.45, 7) is 2.72. The predicted molar refractivity (Wildman–Crippen MR) is 149 cm³/mol. The molecule has 0 saturated heterocycles. The van der Waals surface area contributed by atoms with Crippen molar-refractivity contribution in [1.29, 1.82) is 5.26 Å².